The van der Waals surface area contributed by atoms with Gasteiger partial charge in [0.05, 0.1) is 12.3 Å². The van der Waals surface area contributed by atoms with E-state index in [1.165, 1.54) is 4.90 Å². The summed E-state index contributed by atoms with van der Waals surface area (Å²) in [5.41, 5.74) is 1.65. The molecule has 7 nitrogen and oxygen atoms in total. The minimum Gasteiger partial charge on any atom is -0.492 e. The van der Waals surface area contributed by atoms with E-state index in [1.807, 2.05) is 19.1 Å². The minimum absolute atomic E-state index is 0.0788. The number of rotatable bonds is 7. The monoisotopic (exact) mass is 467 g/mol. The Hall–Kier alpha value is -3.32. The van der Waals surface area contributed by atoms with Gasteiger partial charge in [-0.25, -0.2) is 0 Å². The summed E-state index contributed by atoms with van der Waals surface area (Å²) < 4.78 is 5.54. The Morgan fingerprint density at radius 2 is 1.73 bits per heavy atom. The molecule has 2 aliphatic rings. The lowest BCUT2D eigenvalue weighted by Gasteiger charge is -2.29. The van der Waals surface area contributed by atoms with Crippen molar-refractivity contribution in [1.82, 2.24) is 4.90 Å². The first-order valence-electron chi connectivity index (χ1n) is 11.2. The quantitative estimate of drug-likeness (QED) is 0.565. The van der Waals surface area contributed by atoms with Gasteiger partial charge >= 0.3 is 0 Å². The molecule has 0 atom stereocenters. The number of carbonyl (C=O) groups excluding carboxylic acids is 3. The van der Waals surface area contributed by atoms with Gasteiger partial charge in [0.2, 0.25) is 0 Å². The van der Waals surface area contributed by atoms with Crippen molar-refractivity contribution in [2.75, 3.05) is 17.2 Å². The molecule has 0 spiro atoms. The summed E-state index contributed by atoms with van der Waals surface area (Å²) in [5, 5.41) is 5.71. The molecule has 172 valence electrons. The van der Waals surface area contributed by atoms with Gasteiger partial charge in [-0.2, -0.15) is 0 Å². The number of anilines is 2. The first-order valence-corrected chi connectivity index (χ1v) is 11.5. The summed E-state index contributed by atoms with van der Waals surface area (Å²) in [4.78, 5) is 39.5. The molecule has 0 bridgehead atoms. The van der Waals surface area contributed by atoms with E-state index in [2.05, 4.69) is 10.6 Å². The molecule has 1 aliphatic heterocycles. The lowest BCUT2D eigenvalue weighted by atomic mass is 9.94. The third-order valence-electron chi connectivity index (χ3n) is 5.85. The maximum Gasteiger partial charge on any atom is 0.279 e. The Balaban J connectivity index is 1.44. The van der Waals surface area contributed by atoms with E-state index < -0.39 is 11.8 Å². The first-order chi connectivity index (χ1) is 16.0. The van der Waals surface area contributed by atoms with Crippen molar-refractivity contribution in [2.45, 2.75) is 45.1 Å². The van der Waals surface area contributed by atoms with E-state index >= 15 is 0 Å². The molecule has 0 unspecified atom stereocenters. The number of imide groups is 1. The fraction of sp³-hybridized carbons (Fsp3) is 0.320. The molecule has 2 N–H and O–H groups in total. The molecule has 1 aliphatic carbocycles. The fourth-order valence-electron chi connectivity index (χ4n) is 4.19. The first kappa shape index (κ1) is 22.9. The number of para-hydroxylation sites is 2. The molecular weight excluding hydrogens is 442 g/mol. The van der Waals surface area contributed by atoms with Crippen molar-refractivity contribution in [2.24, 2.45) is 0 Å². The lowest BCUT2D eigenvalue weighted by molar-refractivity contribution is -0.140. The molecule has 2 aromatic rings. The highest BCUT2D eigenvalue weighted by Gasteiger charge is 2.42. The highest BCUT2D eigenvalue weighted by atomic mass is 35.5. The molecule has 0 aromatic heterocycles. The zero-order chi connectivity index (χ0) is 23.4. The van der Waals surface area contributed by atoms with Crippen LogP contribution in [0.5, 0.6) is 5.75 Å². The van der Waals surface area contributed by atoms with E-state index in [0.717, 1.165) is 32.1 Å². The van der Waals surface area contributed by atoms with Crippen LogP contribution in [-0.4, -0.2) is 35.3 Å². The third kappa shape index (κ3) is 4.88. The topological polar surface area (TPSA) is 87.7 Å². The largest absolute Gasteiger partial charge is 0.492 e. The van der Waals surface area contributed by atoms with Crippen LogP contribution in [0.15, 0.2) is 59.3 Å². The van der Waals surface area contributed by atoms with Crippen molar-refractivity contribution in [3.05, 3.63) is 64.8 Å². The van der Waals surface area contributed by atoms with Crippen LogP contribution in [-0.2, 0) is 9.59 Å². The fourth-order valence-corrected chi connectivity index (χ4v) is 4.41. The van der Waals surface area contributed by atoms with Crippen LogP contribution in [0.3, 0.4) is 0 Å². The van der Waals surface area contributed by atoms with Gasteiger partial charge < -0.3 is 15.4 Å². The number of ether oxygens (including phenoxy) is 1. The van der Waals surface area contributed by atoms with Crippen molar-refractivity contribution in [3.63, 3.8) is 0 Å². The molecule has 8 heteroatoms. The molecule has 0 radical (unpaired) electrons. The Bertz CT molecular complexity index is 1090. The SMILES string of the molecule is CCOc1ccccc1NC(=O)c1ccc(NC2=C(Cl)C(=O)N(C3CCCCC3)C2=O)cc1. The molecule has 0 saturated heterocycles. The summed E-state index contributed by atoms with van der Waals surface area (Å²) in [6.45, 7) is 2.37. The standard InChI is InChI=1S/C25H26ClN3O4/c1-2-33-20-11-7-6-10-19(20)28-23(30)16-12-14-17(15-13-16)27-22-21(26)24(31)29(25(22)32)18-8-4-3-5-9-18/h6-7,10-15,18,27H,2-5,8-9H2,1H3,(H,28,30). The molecule has 1 heterocycles. The molecule has 4 rings (SSSR count). The van der Waals surface area contributed by atoms with E-state index in [4.69, 9.17) is 16.3 Å². The number of amides is 3. The summed E-state index contributed by atoms with van der Waals surface area (Å²) in [6, 6.07) is 13.7. The van der Waals surface area contributed by atoms with Crippen molar-refractivity contribution in [1.29, 1.82) is 0 Å². The molecule has 1 saturated carbocycles. The lowest BCUT2D eigenvalue weighted by Crippen LogP contribution is -2.42. The van der Waals surface area contributed by atoms with Gasteiger partial charge in [-0.1, -0.05) is 43.0 Å². The summed E-state index contributed by atoms with van der Waals surface area (Å²) in [7, 11) is 0. The van der Waals surface area contributed by atoms with E-state index in [1.54, 1.807) is 36.4 Å². The second-order valence-electron chi connectivity index (χ2n) is 8.05. The Kier molecular flexibility index (Phi) is 6.99. The minimum atomic E-state index is -0.444. The zero-order valence-electron chi connectivity index (χ0n) is 18.4. The number of hydrogen-bond donors (Lipinski definition) is 2. The summed E-state index contributed by atoms with van der Waals surface area (Å²) in [6.07, 6.45) is 4.74. The van der Waals surface area contributed by atoms with Gasteiger partial charge in [0, 0.05) is 17.3 Å². The maximum atomic E-state index is 12.9. The molecular formula is C25H26ClN3O4. The number of nitrogens with zero attached hydrogens (tertiary/aromatic N) is 1. The van der Waals surface area contributed by atoms with Crippen molar-refractivity contribution >= 4 is 40.7 Å². The molecule has 33 heavy (non-hydrogen) atoms. The number of benzene rings is 2. The Morgan fingerprint density at radius 3 is 2.42 bits per heavy atom. The number of halogens is 1. The highest BCUT2D eigenvalue weighted by molar-refractivity contribution is 6.48. The number of hydrogen-bond acceptors (Lipinski definition) is 5. The molecule has 2 aromatic carbocycles. The summed E-state index contributed by atoms with van der Waals surface area (Å²) in [5.74, 6) is -0.534. The molecule has 1 fully saturated rings. The van der Waals surface area contributed by atoms with Gasteiger partial charge in [0.1, 0.15) is 16.5 Å². The Labute approximate surface area is 197 Å². The van der Waals surface area contributed by atoms with Crippen LogP contribution in [0.2, 0.25) is 0 Å². The maximum absolute atomic E-state index is 12.9. The second-order valence-corrected chi connectivity index (χ2v) is 8.42. The Morgan fingerprint density at radius 1 is 1.03 bits per heavy atom. The van der Waals surface area contributed by atoms with Crippen molar-refractivity contribution in [3.8, 4) is 5.75 Å². The van der Waals surface area contributed by atoms with Crippen LogP contribution in [0.25, 0.3) is 0 Å². The van der Waals surface area contributed by atoms with E-state index in [0.29, 0.717) is 29.3 Å². The zero-order valence-corrected chi connectivity index (χ0v) is 19.2. The van der Waals surface area contributed by atoms with Crippen LogP contribution >= 0.6 is 11.6 Å². The average Bonchev–Trinajstić information content (AvgIpc) is 3.04. The van der Waals surface area contributed by atoms with Crippen LogP contribution in [0, 0.1) is 0 Å². The van der Waals surface area contributed by atoms with E-state index in [-0.39, 0.29) is 22.7 Å². The predicted octanol–water partition coefficient (Wildman–Crippen LogP) is 4.90. The smallest absolute Gasteiger partial charge is 0.279 e. The van der Waals surface area contributed by atoms with Gasteiger partial charge in [0.15, 0.2) is 0 Å². The van der Waals surface area contributed by atoms with Crippen LogP contribution < -0.4 is 15.4 Å². The van der Waals surface area contributed by atoms with Crippen molar-refractivity contribution < 1.29 is 19.1 Å². The van der Waals surface area contributed by atoms with Crippen LogP contribution in [0.1, 0.15) is 49.4 Å². The van der Waals surface area contributed by atoms with E-state index in [9.17, 15) is 14.4 Å². The predicted molar refractivity (Wildman–Crippen MR) is 127 cm³/mol. The third-order valence-corrected chi connectivity index (χ3v) is 6.20. The van der Waals surface area contributed by atoms with Gasteiger partial charge in [0.25, 0.3) is 17.7 Å². The normalized spacial score (nSPS) is 16.8. The number of carbonyl (C=O) groups is 3. The highest BCUT2D eigenvalue weighted by Crippen LogP contribution is 2.32. The average molecular weight is 468 g/mol. The number of nitrogens with one attached hydrogen (secondary N) is 2. The van der Waals surface area contributed by atoms with Gasteiger partial charge in [-0.3, -0.25) is 19.3 Å². The summed E-state index contributed by atoms with van der Waals surface area (Å²) >= 11 is 6.23. The van der Waals surface area contributed by atoms with Gasteiger partial charge in [-0.05, 0) is 56.2 Å². The van der Waals surface area contributed by atoms with Crippen LogP contribution in [0.4, 0.5) is 11.4 Å². The second kappa shape index (κ2) is 10.1. The van der Waals surface area contributed by atoms with Gasteiger partial charge in [-0.15, -0.1) is 0 Å². The molecule has 3 amide bonds.